The van der Waals surface area contributed by atoms with Crippen LogP contribution in [0.25, 0.3) is 0 Å². The Morgan fingerprint density at radius 1 is 1.25 bits per heavy atom. The van der Waals surface area contributed by atoms with Crippen molar-refractivity contribution in [1.29, 1.82) is 0 Å². The molecule has 0 radical (unpaired) electrons. The summed E-state index contributed by atoms with van der Waals surface area (Å²) < 4.78 is 18.7. The fourth-order valence-electron chi connectivity index (χ4n) is 1.79. The Kier molecular flexibility index (Phi) is 4.82. The van der Waals surface area contributed by atoms with Crippen LogP contribution in [0.5, 0.6) is 5.75 Å². The Morgan fingerprint density at radius 3 is 2.60 bits per heavy atom. The molecule has 0 aliphatic rings. The first kappa shape index (κ1) is 14.6. The number of ether oxygens (including phenoxy) is 1. The maximum absolute atomic E-state index is 13.7. The highest BCUT2D eigenvalue weighted by atomic mass is 35.5. The van der Waals surface area contributed by atoms with Crippen LogP contribution in [0.1, 0.15) is 11.7 Å². The molecule has 20 heavy (non-hydrogen) atoms. The van der Waals surface area contributed by atoms with E-state index in [1.165, 1.54) is 6.07 Å². The summed E-state index contributed by atoms with van der Waals surface area (Å²) in [5.41, 5.74) is 0.991. The van der Waals surface area contributed by atoms with E-state index < -0.39 is 11.9 Å². The third-order valence-corrected chi connectivity index (χ3v) is 3.23. The van der Waals surface area contributed by atoms with Gasteiger partial charge in [0.2, 0.25) is 0 Å². The Balaban J connectivity index is 2.00. The van der Waals surface area contributed by atoms with Gasteiger partial charge in [-0.25, -0.2) is 4.39 Å². The molecule has 0 heterocycles. The van der Waals surface area contributed by atoms with E-state index in [1.54, 1.807) is 43.5 Å². The van der Waals surface area contributed by atoms with Gasteiger partial charge in [0.25, 0.3) is 0 Å². The molecule has 0 amide bonds. The number of halogens is 2. The van der Waals surface area contributed by atoms with Crippen LogP contribution < -0.4 is 10.1 Å². The summed E-state index contributed by atoms with van der Waals surface area (Å²) in [5.74, 6) is 0.200. The van der Waals surface area contributed by atoms with Crippen molar-refractivity contribution >= 4 is 17.3 Å². The monoisotopic (exact) mass is 295 g/mol. The largest absolute Gasteiger partial charge is 0.497 e. The molecule has 0 aromatic heterocycles. The van der Waals surface area contributed by atoms with Gasteiger partial charge in [0.15, 0.2) is 5.82 Å². The molecule has 2 aromatic carbocycles. The molecule has 0 spiro atoms. The van der Waals surface area contributed by atoms with Crippen molar-refractivity contribution in [1.82, 2.24) is 0 Å². The summed E-state index contributed by atoms with van der Waals surface area (Å²) in [5, 5.41) is 12.9. The number of benzene rings is 2. The standard InChI is InChI=1S/C15H15ClFNO2/c1-20-11-7-5-10(6-8-11)14(19)9-18-13-4-2-3-12(16)15(13)17/h2-8,14,18-19H,9H2,1H3. The minimum atomic E-state index is -0.751. The number of aliphatic hydroxyl groups excluding tert-OH is 1. The SMILES string of the molecule is COc1ccc(C(O)CNc2cccc(Cl)c2F)cc1. The Labute approximate surface area is 122 Å². The summed E-state index contributed by atoms with van der Waals surface area (Å²) in [7, 11) is 1.58. The first-order valence-electron chi connectivity index (χ1n) is 6.11. The fourth-order valence-corrected chi connectivity index (χ4v) is 1.97. The fraction of sp³-hybridized carbons (Fsp3) is 0.200. The number of anilines is 1. The third-order valence-electron chi connectivity index (χ3n) is 2.94. The number of methoxy groups -OCH3 is 1. The van der Waals surface area contributed by atoms with Gasteiger partial charge in [-0.2, -0.15) is 0 Å². The van der Waals surface area contributed by atoms with Gasteiger partial charge in [0.1, 0.15) is 5.75 Å². The highest BCUT2D eigenvalue weighted by Gasteiger charge is 2.10. The topological polar surface area (TPSA) is 41.5 Å². The quantitative estimate of drug-likeness (QED) is 0.885. The second-order valence-corrected chi connectivity index (χ2v) is 4.68. The lowest BCUT2D eigenvalue weighted by Crippen LogP contribution is -2.13. The van der Waals surface area contributed by atoms with Gasteiger partial charge in [-0.1, -0.05) is 29.8 Å². The zero-order valence-electron chi connectivity index (χ0n) is 10.9. The lowest BCUT2D eigenvalue weighted by Gasteiger charge is -2.14. The maximum atomic E-state index is 13.7. The van der Waals surface area contributed by atoms with E-state index in [1.807, 2.05) is 0 Å². The summed E-state index contributed by atoms with van der Waals surface area (Å²) in [6.07, 6.45) is -0.751. The van der Waals surface area contributed by atoms with E-state index in [2.05, 4.69) is 5.32 Å². The number of hydrogen-bond donors (Lipinski definition) is 2. The molecule has 0 saturated heterocycles. The van der Waals surface area contributed by atoms with E-state index in [4.69, 9.17) is 16.3 Å². The van der Waals surface area contributed by atoms with Crippen LogP contribution in [0.2, 0.25) is 5.02 Å². The van der Waals surface area contributed by atoms with Crippen LogP contribution in [0.4, 0.5) is 10.1 Å². The average Bonchev–Trinajstić information content (AvgIpc) is 2.48. The van der Waals surface area contributed by atoms with Gasteiger partial charge >= 0.3 is 0 Å². The Bertz CT molecular complexity index is 575. The lowest BCUT2D eigenvalue weighted by atomic mass is 10.1. The smallest absolute Gasteiger partial charge is 0.164 e. The highest BCUT2D eigenvalue weighted by Crippen LogP contribution is 2.23. The molecule has 1 unspecified atom stereocenters. The van der Waals surface area contributed by atoms with Crippen molar-refractivity contribution in [3.63, 3.8) is 0 Å². The van der Waals surface area contributed by atoms with Crippen LogP contribution in [0.3, 0.4) is 0 Å². The first-order chi connectivity index (χ1) is 9.61. The maximum Gasteiger partial charge on any atom is 0.164 e. The number of aliphatic hydroxyl groups is 1. The molecule has 5 heteroatoms. The molecule has 0 saturated carbocycles. The van der Waals surface area contributed by atoms with Gasteiger partial charge in [0.05, 0.1) is 23.9 Å². The summed E-state index contributed by atoms with van der Waals surface area (Å²) in [4.78, 5) is 0. The van der Waals surface area contributed by atoms with Gasteiger partial charge in [-0.05, 0) is 29.8 Å². The second kappa shape index (κ2) is 6.59. The van der Waals surface area contributed by atoms with Crippen molar-refractivity contribution in [2.24, 2.45) is 0 Å². The molecular formula is C15H15ClFNO2. The van der Waals surface area contributed by atoms with Crippen LogP contribution in [-0.4, -0.2) is 18.8 Å². The van der Waals surface area contributed by atoms with E-state index >= 15 is 0 Å². The van der Waals surface area contributed by atoms with Gasteiger partial charge in [0, 0.05) is 6.54 Å². The minimum Gasteiger partial charge on any atom is -0.497 e. The molecule has 0 aliphatic heterocycles. The Morgan fingerprint density at radius 2 is 1.95 bits per heavy atom. The predicted octanol–water partition coefficient (Wildman–Crippen LogP) is 3.63. The van der Waals surface area contributed by atoms with E-state index in [9.17, 15) is 9.50 Å². The van der Waals surface area contributed by atoms with E-state index in [0.717, 1.165) is 11.3 Å². The lowest BCUT2D eigenvalue weighted by molar-refractivity contribution is 0.191. The first-order valence-corrected chi connectivity index (χ1v) is 6.49. The molecule has 2 N–H and O–H groups in total. The van der Waals surface area contributed by atoms with Crippen molar-refractivity contribution in [2.45, 2.75) is 6.10 Å². The highest BCUT2D eigenvalue weighted by molar-refractivity contribution is 6.31. The van der Waals surface area contributed by atoms with E-state index in [-0.39, 0.29) is 17.3 Å². The summed E-state index contributed by atoms with van der Waals surface area (Å²) >= 11 is 5.69. The van der Waals surface area contributed by atoms with Gasteiger partial charge < -0.3 is 15.2 Å². The third kappa shape index (κ3) is 3.40. The minimum absolute atomic E-state index is 0.0499. The number of hydrogen-bond acceptors (Lipinski definition) is 3. The molecular weight excluding hydrogens is 281 g/mol. The zero-order chi connectivity index (χ0) is 14.5. The van der Waals surface area contributed by atoms with Crippen LogP contribution in [0.15, 0.2) is 42.5 Å². The molecule has 1 atom stereocenters. The zero-order valence-corrected chi connectivity index (χ0v) is 11.7. The van der Waals surface area contributed by atoms with Crippen LogP contribution in [0, 0.1) is 5.82 Å². The molecule has 0 fully saturated rings. The molecule has 2 aromatic rings. The molecule has 3 nitrogen and oxygen atoms in total. The van der Waals surface area contributed by atoms with Crippen LogP contribution >= 0.6 is 11.6 Å². The summed E-state index contributed by atoms with van der Waals surface area (Å²) in [6, 6.07) is 11.7. The van der Waals surface area contributed by atoms with Crippen molar-refractivity contribution < 1.29 is 14.2 Å². The van der Waals surface area contributed by atoms with Crippen LogP contribution in [-0.2, 0) is 0 Å². The van der Waals surface area contributed by atoms with E-state index in [0.29, 0.717) is 0 Å². The van der Waals surface area contributed by atoms with Crippen molar-refractivity contribution in [3.8, 4) is 5.75 Å². The Hall–Kier alpha value is -1.78. The van der Waals surface area contributed by atoms with Gasteiger partial charge in [-0.15, -0.1) is 0 Å². The summed E-state index contributed by atoms with van der Waals surface area (Å²) in [6.45, 7) is 0.184. The molecule has 106 valence electrons. The predicted molar refractivity (Wildman–Crippen MR) is 77.9 cm³/mol. The second-order valence-electron chi connectivity index (χ2n) is 4.27. The molecule has 0 bridgehead atoms. The average molecular weight is 296 g/mol. The molecule has 2 rings (SSSR count). The normalized spacial score (nSPS) is 12.0. The van der Waals surface area contributed by atoms with Gasteiger partial charge in [-0.3, -0.25) is 0 Å². The molecule has 0 aliphatic carbocycles. The van der Waals surface area contributed by atoms with Crippen molar-refractivity contribution in [3.05, 3.63) is 58.9 Å². The number of rotatable bonds is 5. The van der Waals surface area contributed by atoms with Crippen molar-refractivity contribution in [2.75, 3.05) is 19.0 Å². The number of nitrogens with one attached hydrogen (secondary N) is 1.